The zero-order chi connectivity index (χ0) is 12.1. The number of nitrogens with one attached hydrogen (secondary N) is 1. The minimum absolute atomic E-state index is 0.811. The van der Waals surface area contributed by atoms with E-state index in [1.165, 1.54) is 0 Å². The molecule has 0 unspecified atom stereocenters. The molecule has 0 aliphatic heterocycles. The van der Waals surface area contributed by atoms with Crippen molar-refractivity contribution in [2.45, 2.75) is 26.4 Å². The van der Waals surface area contributed by atoms with E-state index in [4.69, 9.17) is 0 Å². The summed E-state index contributed by atoms with van der Waals surface area (Å²) in [5.74, 6) is 2.20. The van der Waals surface area contributed by atoms with E-state index in [1.807, 2.05) is 31.8 Å². The molecule has 92 valence electrons. The SMILES string of the molecule is CCn1ccnc1CNCCc1nccn1C. The molecule has 17 heavy (non-hydrogen) atoms. The van der Waals surface area contributed by atoms with Crippen LogP contribution < -0.4 is 5.32 Å². The van der Waals surface area contributed by atoms with Gasteiger partial charge in [-0.3, -0.25) is 0 Å². The van der Waals surface area contributed by atoms with Crippen LogP contribution >= 0.6 is 0 Å². The average molecular weight is 233 g/mol. The molecular weight excluding hydrogens is 214 g/mol. The number of rotatable bonds is 6. The highest BCUT2D eigenvalue weighted by molar-refractivity contribution is 4.93. The smallest absolute Gasteiger partial charge is 0.122 e. The van der Waals surface area contributed by atoms with Crippen LogP contribution in [0.3, 0.4) is 0 Å². The maximum Gasteiger partial charge on any atom is 0.122 e. The van der Waals surface area contributed by atoms with Gasteiger partial charge in [0.15, 0.2) is 0 Å². The number of aromatic nitrogens is 4. The Bertz CT molecular complexity index is 457. The Hall–Kier alpha value is -1.62. The zero-order valence-corrected chi connectivity index (χ0v) is 10.4. The van der Waals surface area contributed by atoms with E-state index in [0.717, 1.165) is 37.7 Å². The fraction of sp³-hybridized carbons (Fsp3) is 0.500. The largest absolute Gasteiger partial charge is 0.338 e. The molecule has 2 rings (SSSR count). The topological polar surface area (TPSA) is 47.7 Å². The maximum atomic E-state index is 4.32. The monoisotopic (exact) mass is 233 g/mol. The summed E-state index contributed by atoms with van der Waals surface area (Å²) in [6, 6.07) is 0. The highest BCUT2D eigenvalue weighted by atomic mass is 15.1. The van der Waals surface area contributed by atoms with E-state index in [-0.39, 0.29) is 0 Å². The van der Waals surface area contributed by atoms with E-state index in [0.29, 0.717) is 0 Å². The first-order valence-corrected chi connectivity index (χ1v) is 5.98. The predicted molar refractivity (Wildman–Crippen MR) is 66.5 cm³/mol. The van der Waals surface area contributed by atoms with Gasteiger partial charge in [0.1, 0.15) is 11.6 Å². The van der Waals surface area contributed by atoms with Crippen LogP contribution in [0.2, 0.25) is 0 Å². The van der Waals surface area contributed by atoms with Crippen LogP contribution in [0, 0.1) is 0 Å². The predicted octanol–water partition coefficient (Wildman–Crippen LogP) is 0.969. The number of aryl methyl sites for hydroxylation is 2. The van der Waals surface area contributed by atoms with Crippen molar-refractivity contribution in [3.8, 4) is 0 Å². The Morgan fingerprint density at radius 2 is 1.94 bits per heavy atom. The lowest BCUT2D eigenvalue weighted by molar-refractivity contribution is 0.601. The van der Waals surface area contributed by atoms with Gasteiger partial charge in [0, 0.05) is 51.3 Å². The lowest BCUT2D eigenvalue weighted by Gasteiger charge is -2.06. The molecule has 0 aliphatic carbocycles. The highest BCUT2D eigenvalue weighted by Gasteiger charge is 2.01. The van der Waals surface area contributed by atoms with Crippen LogP contribution in [-0.2, 0) is 26.6 Å². The van der Waals surface area contributed by atoms with Crippen LogP contribution in [0.5, 0.6) is 0 Å². The summed E-state index contributed by atoms with van der Waals surface area (Å²) in [7, 11) is 2.02. The number of nitrogens with zero attached hydrogens (tertiary/aromatic N) is 4. The molecule has 0 fully saturated rings. The second-order valence-corrected chi connectivity index (χ2v) is 4.01. The average Bonchev–Trinajstić information content (AvgIpc) is 2.93. The summed E-state index contributed by atoms with van der Waals surface area (Å²) in [4.78, 5) is 8.60. The highest BCUT2D eigenvalue weighted by Crippen LogP contribution is 1.97. The van der Waals surface area contributed by atoms with Crippen molar-refractivity contribution in [3.63, 3.8) is 0 Å². The van der Waals surface area contributed by atoms with E-state index in [9.17, 15) is 0 Å². The molecule has 2 aromatic rings. The number of imidazole rings is 2. The summed E-state index contributed by atoms with van der Waals surface area (Å²) in [6.07, 6.45) is 8.60. The number of hydrogen-bond acceptors (Lipinski definition) is 3. The van der Waals surface area contributed by atoms with Crippen molar-refractivity contribution in [1.29, 1.82) is 0 Å². The van der Waals surface area contributed by atoms with Gasteiger partial charge < -0.3 is 14.5 Å². The summed E-state index contributed by atoms with van der Waals surface area (Å²) in [6.45, 7) is 4.82. The molecule has 0 bridgehead atoms. The van der Waals surface area contributed by atoms with E-state index in [1.54, 1.807) is 0 Å². The van der Waals surface area contributed by atoms with Crippen LogP contribution in [0.4, 0.5) is 0 Å². The van der Waals surface area contributed by atoms with Crippen molar-refractivity contribution in [2.75, 3.05) is 6.54 Å². The van der Waals surface area contributed by atoms with Crippen LogP contribution in [0.15, 0.2) is 24.8 Å². The third-order valence-corrected chi connectivity index (χ3v) is 2.87. The van der Waals surface area contributed by atoms with Crippen LogP contribution in [-0.4, -0.2) is 25.6 Å². The first kappa shape index (κ1) is 11.9. The second kappa shape index (κ2) is 5.63. The van der Waals surface area contributed by atoms with E-state index >= 15 is 0 Å². The van der Waals surface area contributed by atoms with Gasteiger partial charge in [-0.05, 0) is 6.92 Å². The van der Waals surface area contributed by atoms with Gasteiger partial charge >= 0.3 is 0 Å². The molecule has 5 heteroatoms. The van der Waals surface area contributed by atoms with Crippen molar-refractivity contribution in [2.24, 2.45) is 7.05 Å². The Labute approximate surface area is 102 Å². The van der Waals surface area contributed by atoms with Crippen molar-refractivity contribution < 1.29 is 0 Å². The molecule has 0 atom stereocenters. The molecule has 2 aromatic heterocycles. The van der Waals surface area contributed by atoms with Crippen LogP contribution in [0.1, 0.15) is 18.6 Å². The van der Waals surface area contributed by atoms with E-state index in [2.05, 4.69) is 31.3 Å². The third-order valence-electron chi connectivity index (χ3n) is 2.87. The summed E-state index contributed by atoms with van der Waals surface area (Å²) >= 11 is 0. The molecule has 0 aliphatic rings. The fourth-order valence-electron chi connectivity index (χ4n) is 1.83. The van der Waals surface area contributed by atoms with Gasteiger partial charge in [-0.25, -0.2) is 9.97 Å². The molecule has 0 saturated carbocycles. The molecule has 2 heterocycles. The molecule has 0 aromatic carbocycles. The van der Waals surface area contributed by atoms with Crippen LogP contribution in [0.25, 0.3) is 0 Å². The maximum absolute atomic E-state index is 4.32. The normalized spacial score (nSPS) is 10.9. The molecule has 0 amide bonds. The Morgan fingerprint density at radius 1 is 1.18 bits per heavy atom. The Kier molecular flexibility index (Phi) is 3.93. The quantitative estimate of drug-likeness (QED) is 0.756. The zero-order valence-electron chi connectivity index (χ0n) is 10.4. The lowest BCUT2D eigenvalue weighted by atomic mass is 10.4. The van der Waals surface area contributed by atoms with Crippen molar-refractivity contribution in [3.05, 3.63) is 36.4 Å². The van der Waals surface area contributed by atoms with Gasteiger partial charge in [-0.15, -0.1) is 0 Å². The van der Waals surface area contributed by atoms with E-state index < -0.39 is 0 Å². The molecular formula is C12H19N5. The molecule has 1 N–H and O–H groups in total. The molecule has 0 saturated heterocycles. The molecule has 5 nitrogen and oxygen atoms in total. The first-order valence-electron chi connectivity index (χ1n) is 5.98. The fourth-order valence-corrected chi connectivity index (χ4v) is 1.83. The Morgan fingerprint density at radius 3 is 2.65 bits per heavy atom. The molecule has 0 radical (unpaired) electrons. The lowest BCUT2D eigenvalue weighted by Crippen LogP contribution is -2.20. The van der Waals surface area contributed by atoms with Crippen molar-refractivity contribution >= 4 is 0 Å². The minimum atomic E-state index is 0.811. The van der Waals surface area contributed by atoms with Gasteiger partial charge in [0.05, 0.1) is 6.54 Å². The summed E-state index contributed by atoms with van der Waals surface area (Å²) < 4.78 is 4.20. The minimum Gasteiger partial charge on any atom is -0.338 e. The standard InChI is InChI=1S/C12H19N5/c1-3-17-9-7-15-12(17)10-13-5-4-11-14-6-8-16(11)2/h6-9,13H,3-5,10H2,1-2H3. The van der Waals surface area contributed by atoms with Gasteiger partial charge in [0.25, 0.3) is 0 Å². The van der Waals surface area contributed by atoms with Gasteiger partial charge in [0.2, 0.25) is 0 Å². The van der Waals surface area contributed by atoms with Gasteiger partial charge in [-0.1, -0.05) is 0 Å². The van der Waals surface area contributed by atoms with Gasteiger partial charge in [-0.2, -0.15) is 0 Å². The molecule has 0 spiro atoms. The first-order chi connectivity index (χ1) is 8.31. The number of hydrogen-bond donors (Lipinski definition) is 1. The Balaban J connectivity index is 1.75. The van der Waals surface area contributed by atoms with Crippen molar-refractivity contribution in [1.82, 2.24) is 24.4 Å². The second-order valence-electron chi connectivity index (χ2n) is 4.01. The third kappa shape index (κ3) is 2.94. The summed E-state index contributed by atoms with van der Waals surface area (Å²) in [5, 5.41) is 3.39. The summed E-state index contributed by atoms with van der Waals surface area (Å²) in [5.41, 5.74) is 0.